The van der Waals surface area contributed by atoms with Gasteiger partial charge in [0.25, 0.3) is 5.91 Å². The number of benzene rings is 2. The minimum Gasteiger partial charge on any atom is -0.351 e. The molecule has 0 radical (unpaired) electrons. The summed E-state index contributed by atoms with van der Waals surface area (Å²) in [6.07, 6.45) is 2.58. The molecule has 7 heteroatoms. The maximum absolute atomic E-state index is 12.4. The highest BCUT2D eigenvalue weighted by molar-refractivity contribution is 7.98. The number of anilines is 1. The number of aryl methyl sites for hydroxylation is 1. The van der Waals surface area contributed by atoms with E-state index in [1.165, 1.54) is 5.56 Å². The van der Waals surface area contributed by atoms with Gasteiger partial charge in [0.05, 0.1) is 12.0 Å². The molecule has 0 atom stereocenters. The van der Waals surface area contributed by atoms with Gasteiger partial charge in [-0.05, 0) is 54.3 Å². The van der Waals surface area contributed by atoms with Crippen molar-refractivity contribution in [3.8, 4) is 11.1 Å². The van der Waals surface area contributed by atoms with Gasteiger partial charge in [0, 0.05) is 48.5 Å². The second-order valence-corrected chi connectivity index (χ2v) is 8.73. The lowest BCUT2D eigenvalue weighted by atomic mass is 10.0. The third-order valence-corrected chi connectivity index (χ3v) is 6.51. The molecule has 1 aliphatic heterocycles. The number of rotatable bonds is 7. The fourth-order valence-electron chi connectivity index (χ4n) is 3.76. The summed E-state index contributed by atoms with van der Waals surface area (Å²) in [7, 11) is 0. The lowest BCUT2D eigenvalue weighted by molar-refractivity contribution is -0.116. The number of nitrogens with zero attached hydrogens (tertiary/aromatic N) is 2. The van der Waals surface area contributed by atoms with Gasteiger partial charge in [-0.1, -0.05) is 18.2 Å². The number of H-pyrrole nitrogens is 1. The van der Waals surface area contributed by atoms with Gasteiger partial charge in [-0.15, -0.1) is 0 Å². The van der Waals surface area contributed by atoms with Crippen molar-refractivity contribution in [2.24, 2.45) is 0 Å². The Hall–Kier alpha value is -3.06. The molecule has 6 nitrogen and oxygen atoms in total. The number of imidazole rings is 1. The van der Waals surface area contributed by atoms with Gasteiger partial charge in [-0.25, -0.2) is 4.98 Å². The Kier molecular flexibility index (Phi) is 6.42. The molecule has 0 spiro atoms. The van der Waals surface area contributed by atoms with Gasteiger partial charge in [0.2, 0.25) is 5.91 Å². The van der Waals surface area contributed by atoms with E-state index in [0.717, 1.165) is 52.7 Å². The van der Waals surface area contributed by atoms with Crippen molar-refractivity contribution in [1.82, 2.24) is 15.3 Å². The molecule has 1 aromatic heterocycles. The number of fused-ring (bicyclic) bond motifs is 1. The molecule has 0 saturated carbocycles. The number of amides is 2. The van der Waals surface area contributed by atoms with Crippen LogP contribution in [0.5, 0.6) is 0 Å². The van der Waals surface area contributed by atoms with Crippen molar-refractivity contribution in [1.29, 1.82) is 0 Å². The van der Waals surface area contributed by atoms with E-state index in [-0.39, 0.29) is 11.8 Å². The zero-order valence-corrected chi connectivity index (χ0v) is 18.6. The van der Waals surface area contributed by atoms with Crippen LogP contribution < -0.4 is 10.2 Å². The molecule has 3 aromatic rings. The Balaban J connectivity index is 1.30. The predicted molar refractivity (Wildman–Crippen MR) is 125 cm³/mol. The molecule has 0 saturated heterocycles. The van der Waals surface area contributed by atoms with Crippen LogP contribution >= 0.6 is 11.8 Å². The molecule has 2 N–H and O–H groups in total. The Morgan fingerprint density at radius 1 is 1.16 bits per heavy atom. The maximum atomic E-state index is 12.4. The first-order chi connectivity index (χ1) is 15.0. The summed E-state index contributed by atoms with van der Waals surface area (Å²) in [5, 5.41) is 2.98. The molecule has 0 bridgehead atoms. The van der Waals surface area contributed by atoms with Crippen LogP contribution in [0.2, 0.25) is 0 Å². The Morgan fingerprint density at radius 3 is 2.65 bits per heavy atom. The SMILES string of the molecule is CC(=O)N1CCc2cc(-c3ccc(C(=O)NCCSCc4nc[nH]c4C)cc3)ccc21. The van der Waals surface area contributed by atoms with E-state index in [0.29, 0.717) is 12.1 Å². The number of carbonyl (C=O) groups excluding carboxylic acids is 2. The van der Waals surface area contributed by atoms with Crippen molar-refractivity contribution in [2.45, 2.75) is 26.0 Å². The topological polar surface area (TPSA) is 78.1 Å². The zero-order chi connectivity index (χ0) is 21.8. The normalized spacial score (nSPS) is 12.6. The number of carbonyl (C=O) groups is 2. The molecule has 160 valence electrons. The monoisotopic (exact) mass is 434 g/mol. The van der Waals surface area contributed by atoms with Gasteiger partial charge in [-0.3, -0.25) is 9.59 Å². The van der Waals surface area contributed by atoms with Gasteiger partial charge >= 0.3 is 0 Å². The summed E-state index contributed by atoms with van der Waals surface area (Å²) in [4.78, 5) is 33.3. The Labute approximate surface area is 186 Å². The first-order valence-electron chi connectivity index (χ1n) is 10.4. The summed E-state index contributed by atoms with van der Waals surface area (Å²) >= 11 is 1.75. The van der Waals surface area contributed by atoms with Crippen molar-refractivity contribution in [3.63, 3.8) is 0 Å². The van der Waals surface area contributed by atoms with Crippen molar-refractivity contribution in [3.05, 3.63) is 71.3 Å². The highest BCUT2D eigenvalue weighted by Crippen LogP contribution is 2.32. The molecule has 0 unspecified atom stereocenters. The molecule has 2 heterocycles. The maximum Gasteiger partial charge on any atom is 0.251 e. The molecule has 4 rings (SSSR count). The number of aromatic nitrogens is 2. The number of aromatic amines is 1. The molecule has 0 fully saturated rings. The molecule has 2 aromatic carbocycles. The molecular formula is C24H26N4O2S. The summed E-state index contributed by atoms with van der Waals surface area (Å²) in [5.41, 5.74) is 7.17. The molecule has 2 amide bonds. The Bertz CT molecular complexity index is 1090. The molecule has 0 aliphatic carbocycles. The van der Waals surface area contributed by atoms with Gasteiger partial charge in [0.15, 0.2) is 0 Å². The average molecular weight is 435 g/mol. The molecule has 1 aliphatic rings. The molecule has 31 heavy (non-hydrogen) atoms. The quantitative estimate of drug-likeness (QED) is 0.552. The van der Waals surface area contributed by atoms with E-state index in [2.05, 4.69) is 21.4 Å². The smallest absolute Gasteiger partial charge is 0.251 e. The summed E-state index contributed by atoms with van der Waals surface area (Å²) in [6.45, 7) is 4.97. The van der Waals surface area contributed by atoms with Crippen LogP contribution in [0.25, 0.3) is 11.1 Å². The van der Waals surface area contributed by atoms with Crippen LogP contribution in [-0.4, -0.2) is 40.6 Å². The number of nitrogens with one attached hydrogen (secondary N) is 2. The van der Waals surface area contributed by atoms with Gasteiger partial charge in [-0.2, -0.15) is 11.8 Å². The fraction of sp³-hybridized carbons (Fsp3) is 0.292. The molecular weight excluding hydrogens is 408 g/mol. The van der Waals surface area contributed by atoms with Gasteiger partial charge in [0.1, 0.15) is 0 Å². The standard InChI is InChI=1S/C24H26N4O2S/c1-16-22(27-15-26-16)14-31-12-10-25-24(30)19-5-3-18(4-6-19)20-7-8-23-21(13-20)9-11-28(23)17(2)29/h3-8,13,15H,9-12,14H2,1-2H3,(H,25,30)(H,26,27). The fourth-order valence-corrected chi connectivity index (χ4v) is 4.64. The van der Waals surface area contributed by atoms with Crippen LogP contribution in [0.1, 0.15) is 34.2 Å². The van der Waals surface area contributed by atoms with E-state index < -0.39 is 0 Å². The lowest BCUT2D eigenvalue weighted by Gasteiger charge is -2.15. The van der Waals surface area contributed by atoms with Crippen molar-refractivity contribution >= 4 is 29.3 Å². The summed E-state index contributed by atoms with van der Waals surface area (Å²) in [6, 6.07) is 13.9. The Morgan fingerprint density at radius 2 is 1.94 bits per heavy atom. The minimum absolute atomic E-state index is 0.0610. The average Bonchev–Trinajstić information content (AvgIpc) is 3.39. The van der Waals surface area contributed by atoms with Crippen LogP contribution in [0.15, 0.2) is 48.8 Å². The number of hydrogen-bond acceptors (Lipinski definition) is 4. The summed E-state index contributed by atoms with van der Waals surface area (Å²) in [5.74, 6) is 1.69. The van der Waals surface area contributed by atoms with Crippen LogP contribution in [-0.2, 0) is 17.0 Å². The minimum atomic E-state index is -0.0610. The second-order valence-electron chi connectivity index (χ2n) is 7.62. The van der Waals surface area contributed by atoms with E-state index in [4.69, 9.17) is 0 Å². The predicted octanol–water partition coefficient (Wildman–Crippen LogP) is 3.96. The highest BCUT2D eigenvalue weighted by Gasteiger charge is 2.22. The number of hydrogen-bond donors (Lipinski definition) is 2. The van der Waals surface area contributed by atoms with E-state index >= 15 is 0 Å². The third-order valence-electron chi connectivity index (χ3n) is 5.54. The summed E-state index contributed by atoms with van der Waals surface area (Å²) < 4.78 is 0. The van der Waals surface area contributed by atoms with Gasteiger partial charge < -0.3 is 15.2 Å². The van der Waals surface area contributed by atoms with Crippen LogP contribution in [0, 0.1) is 6.92 Å². The van der Waals surface area contributed by atoms with Crippen LogP contribution in [0.4, 0.5) is 5.69 Å². The van der Waals surface area contributed by atoms with E-state index in [1.807, 2.05) is 48.2 Å². The first-order valence-corrected chi connectivity index (χ1v) is 11.5. The van der Waals surface area contributed by atoms with E-state index in [1.54, 1.807) is 25.0 Å². The zero-order valence-electron chi connectivity index (χ0n) is 17.8. The van der Waals surface area contributed by atoms with E-state index in [9.17, 15) is 9.59 Å². The van der Waals surface area contributed by atoms with Crippen LogP contribution in [0.3, 0.4) is 0 Å². The highest BCUT2D eigenvalue weighted by atomic mass is 32.2. The van der Waals surface area contributed by atoms with Crippen molar-refractivity contribution < 1.29 is 9.59 Å². The first kappa shape index (κ1) is 21.2. The lowest BCUT2D eigenvalue weighted by Crippen LogP contribution is -2.25. The van der Waals surface area contributed by atoms with Crippen molar-refractivity contribution in [2.75, 3.05) is 23.7 Å². The number of thioether (sulfide) groups is 1. The largest absolute Gasteiger partial charge is 0.351 e. The third kappa shape index (κ3) is 4.82. The second kappa shape index (κ2) is 9.39.